The van der Waals surface area contributed by atoms with Gasteiger partial charge in [0.05, 0.1) is 16.5 Å². The molecule has 17 heavy (non-hydrogen) atoms. The second-order valence-electron chi connectivity index (χ2n) is 3.39. The summed E-state index contributed by atoms with van der Waals surface area (Å²) in [6.45, 7) is 1.48. The van der Waals surface area contributed by atoms with Crippen LogP contribution in [-0.4, -0.2) is 41.2 Å². The molecule has 0 saturated heterocycles. The fourth-order valence-electron chi connectivity index (χ4n) is 1.36. The van der Waals surface area contributed by atoms with E-state index in [4.69, 9.17) is 5.11 Å². The summed E-state index contributed by atoms with van der Waals surface area (Å²) in [5, 5.41) is 16.6. The van der Waals surface area contributed by atoms with E-state index in [1.807, 2.05) is 7.05 Å². The smallest absolute Gasteiger partial charge is 0.338 e. The number of hydrogen-bond donors (Lipinski definition) is 3. The lowest BCUT2D eigenvalue weighted by Gasteiger charge is -2.03. The molecular formula is C10H12N4O2S. The lowest BCUT2D eigenvalue weighted by atomic mass is 10.3. The van der Waals surface area contributed by atoms with Crippen molar-refractivity contribution in [2.24, 2.45) is 0 Å². The topological polar surface area (TPSA) is 87.1 Å². The Morgan fingerprint density at radius 3 is 3.06 bits per heavy atom. The maximum atomic E-state index is 11.0. The van der Waals surface area contributed by atoms with Crippen LogP contribution in [0.15, 0.2) is 11.6 Å². The van der Waals surface area contributed by atoms with Crippen LogP contribution in [0.25, 0.3) is 10.2 Å². The number of carbonyl (C=O) groups is 1. The highest BCUT2D eigenvalue weighted by molar-refractivity contribution is 7.17. The van der Waals surface area contributed by atoms with E-state index < -0.39 is 5.97 Å². The Balaban J connectivity index is 2.28. The highest BCUT2D eigenvalue weighted by Gasteiger charge is 2.13. The number of carboxylic acid groups (broad SMARTS) is 1. The van der Waals surface area contributed by atoms with Gasteiger partial charge in [-0.05, 0) is 7.05 Å². The van der Waals surface area contributed by atoms with Gasteiger partial charge in [-0.2, -0.15) is 0 Å². The van der Waals surface area contributed by atoms with Crippen molar-refractivity contribution >= 4 is 33.5 Å². The molecule has 0 atom stereocenters. The summed E-state index contributed by atoms with van der Waals surface area (Å²) in [4.78, 5) is 19.3. The van der Waals surface area contributed by atoms with Gasteiger partial charge in [0.25, 0.3) is 0 Å². The van der Waals surface area contributed by atoms with Crippen LogP contribution >= 0.6 is 11.3 Å². The molecule has 0 aliphatic carbocycles. The molecule has 2 rings (SSSR count). The Bertz CT molecular complexity index is 540. The summed E-state index contributed by atoms with van der Waals surface area (Å²) < 4.78 is 0.779. The van der Waals surface area contributed by atoms with Gasteiger partial charge in [-0.1, -0.05) is 0 Å². The van der Waals surface area contributed by atoms with Gasteiger partial charge in [0.15, 0.2) is 0 Å². The molecule has 6 nitrogen and oxygen atoms in total. The molecular weight excluding hydrogens is 240 g/mol. The minimum Gasteiger partial charge on any atom is -0.478 e. The van der Waals surface area contributed by atoms with Crippen LogP contribution in [0.2, 0.25) is 0 Å². The summed E-state index contributed by atoms with van der Waals surface area (Å²) in [5.41, 5.74) is 0.716. The van der Waals surface area contributed by atoms with E-state index in [9.17, 15) is 4.79 Å². The fraction of sp³-hybridized carbons (Fsp3) is 0.300. The van der Waals surface area contributed by atoms with Gasteiger partial charge >= 0.3 is 5.97 Å². The molecule has 0 aromatic carbocycles. The average molecular weight is 252 g/mol. The first kappa shape index (κ1) is 11.7. The molecule has 0 aliphatic heterocycles. The van der Waals surface area contributed by atoms with Gasteiger partial charge in [-0.15, -0.1) is 11.3 Å². The van der Waals surface area contributed by atoms with Crippen LogP contribution in [0.1, 0.15) is 10.4 Å². The van der Waals surface area contributed by atoms with Gasteiger partial charge < -0.3 is 15.7 Å². The predicted molar refractivity (Wildman–Crippen MR) is 66.8 cm³/mol. The van der Waals surface area contributed by atoms with Crippen LogP contribution in [0.4, 0.5) is 5.95 Å². The van der Waals surface area contributed by atoms with Gasteiger partial charge in [-0.25, -0.2) is 14.8 Å². The molecule has 0 unspecified atom stereocenters. The maximum absolute atomic E-state index is 11.0. The van der Waals surface area contributed by atoms with E-state index in [0.717, 1.165) is 11.2 Å². The van der Waals surface area contributed by atoms with Crippen LogP contribution in [0.5, 0.6) is 0 Å². The number of fused-ring (bicyclic) bond motifs is 1. The van der Waals surface area contributed by atoms with Crippen LogP contribution < -0.4 is 10.6 Å². The number of nitrogens with zero attached hydrogens (tertiary/aromatic N) is 2. The quantitative estimate of drug-likeness (QED) is 0.689. The van der Waals surface area contributed by atoms with Crippen molar-refractivity contribution in [2.75, 3.05) is 25.5 Å². The van der Waals surface area contributed by atoms with Crippen LogP contribution in [0, 0.1) is 0 Å². The average Bonchev–Trinajstić information content (AvgIpc) is 2.72. The highest BCUT2D eigenvalue weighted by atomic mass is 32.1. The maximum Gasteiger partial charge on any atom is 0.338 e. The zero-order valence-corrected chi connectivity index (χ0v) is 10.0. The molecule has 0 aliphatic rings. The Morgan fingerprint density at radius 1 is 1.53 bits per heavy atom. The van der Waals surface area contributed by atoms with Crippen LogP contribution in [-0.2, 0) is 0 Å². The zero-order valence-electron chi connectivity index (χ0n) is 9.23. The van der Waals surface area contributed by atoms with Crippen molar-refractivity contribution in [3.05, 3.63) is 17.1 Å². The van der Waals surface area contributed by atoms with E-state index in [0.29, 0.717) is 18.0 Å². The third-order valence-electron chi connectivity index (χ3n) is 2.20. The van der Waals surface area contributed by atoms with E-state index in [-0.39, 0.29) is 5.56 Å². The minimum atomic E-state index is -0.962. The predicted octanol–water partition coefficient (Wildman–Crippen LogP) is 1.02. The van der Waals surface area contributed by atoms with Crippen molar-refractivity contribution in [2.45, 2.75) is 0 Å². The number of hydrogen-bond acceptors (Lipinski definition) is 6. The van der Waals surface area contributed by atoms with Crippen molar-refractivity contribution in [1.82, 2.24) is 15.3 Å². The lowest BCUT2D eigenvalue weighted by molar-refractivity contribution is 0.0699. The Morgan fingerprint density at radius 2 is 2.35 bits per heavy atom. The molecule has 90 valence electrons. The molecule has 2 heterocycles. The van der Waals surface area contributed by atoms with E-state index in [2.05, 4.69) is 20.6 Å². The zero-order chi connectivity index (χ0) is 12.3. The summed E-state index contributed by atoms with van der Waals surface area (Å²) in [7, 11) is 1.85. The Labute approximate surface area is 102 Å². The Kier molecular flexibility index (Phi) is 3.50. The lowest BCUT2D eigenvalue weighted by Crippen LogP contribution is -2.18. The normalized spacial score (nSPS) is 10.6. The number of rotatable bonds is 5. The second-order valence-corrected chi connectivity index (χ2v) is 4.30. The van der Waals surface area contributed by atoms with Crippen molar-refractivity contribution in [3.8, 4) is 0 Å². The number of thiophene rings is 1. The van der Waals surface area contributed by atoms with E-state index >= 15 is 0 Å². The highest BCUT2D eigenvalue weighted by Crippen LogP contribution is 2.24. The Hall–Kier alpha value is -1.73. The molecule has 0 radical (unpaired) electrons. The molecule has 0 amide bonds. The molecule has 7 heteroatoms. The number of aromatic carboxylic acids is 1. The second kappa shape index (κ2) is 5.07. The van der Waals surface area contributed by atoms with Crippen LogP contribution in [0.3, 0.4) is 0 Å². The molecule has 0 fully saturated rings. The standard InChI is InChI=1S/C10H12N4O2S/c1-11-2-3-12-10-13-4-7-8(14-10)6(5-17-7)9(15)16/h4-5,11H,2-3H2,1H3,(H,15,16)(H,12,13,14). The largest absolute Gasteiger partial charge is 0.478 e. The van der Waals surface area contributed by atoms with Gasteiger partial charge in [-0.3, -0.25) is 0 Å². The molecule has 0 bridgehead atoms. The fourth-order valence-corrected chi connectivity index (χ4v) is 2.20. The van der Waals surface area contributed by atoms with Crippen molar-refractivity contribution in [1.29, 1.82) is 0 Å². The third kappa shape index (κ3) is 2.51. The van der Waals surface area contributed by atoms with E-state index in [1.165, 1.54) is 11.3 Å². The summed E-state index contributed by atoms with van der Waals surface area (Å²) in [6.07, 6.45) is 1.64. The first-order chi connectivity index (χ1) is 8.22. The molecule has 2 aromatic rings. The summed E-state index contributed by atoms with van der Waals surface area (Å²) in [6, 6.07) is 0. The van der Waals surface area contributed by atoms with Crippen molar-refractivity contribution in [3.63, 3.8) is 0 Å². The number of likely N-dealkylation sites (N-methyl/N-ethyl adjacent to an activating group) is 1. The first-order valence-electron chi connectivity index (χ1n) is 5.08. The van der Waals surface area contributed by atoms with Gasteiger partial charge in [0, 0.05) is 18.5 Å². The van der Waals surface area contributed by atoms with Crippen molar-refractivity contribution < 1.29 is 9.90 Å². The molecule has 3 N–H and O–H groups in total. The van der Waals surface area contributed by atoms with E-state index in [1.54, 1.807) is 11.6 Å². The molecule has 0 spiro atoms. The third-order valence-corrected chi connectivity index (χ3v) is 3.11. The summed E-state index contributed by atoms with van der Waals surface area (Å²) in [5.74, 6) is -0.509. The minimum absolute atomic E-state index is 0.226. The summed E-state index contributed by atoms with van der Waals surface area (Å²) >= 11 is 1.33. The number of aromatic nitrogens is 2. The number of anilines is 1. The SMILES string of the molecule is CNCCNc1ncc2scc(C(=O)O)c2n1. The molecule has 0 saturated carbocycles. The number of nitrogens with one attached hydrogen (secondary N) is 2. The monoisotopic (exact) mass is 252 g/mol. The number of carboxylic acids is 1. The first-order valence-corrected chi connectivity index (χ1v) is 5.96. The van der Waals surface area contributed by atoms with Gasteiger partial charge in [0.1, 0.15) is 5.52 Å². The molecule has 2 aromatic heterocycles. The van der Waals surface area contributed by atoms with Gasteiger partial charge in [0.2, 0.25) is 5.95 Å².